The van der Waals surface area contributed by atoms with Crippen LogP contribution in [0.5, 0.6) is 0 Å². The number of carbonyl (C=O) groups excluding carboxylic acids is 1. The van der Waals surface area contributed by atoms with Gasteiger partial charge in [-0.3, -0.25) is 14.5 Å². The van der Waals surface area contributed by atoms with Gasteiger partial charge < -0.3 is 15.5 Å². The fourth-order valence-corrected chi connectivity index (χ4v) is 2.43. The highest BCUT2D eigenvalue weighted by atomic mass is 35.5. The van der Waals surface area contributed by atoms with Crippen molar-refractivity contribution >= 4 is 29.2 Å². The minimum Gasteiger partial charge on any atom is -0.480 e. The third-order valence-electron chi connectivity index (χ3n) is 3.22. The lowest BCUT2D eigenvalue weighted by molar-refractivity contribution is -0.142. The van der Waals surface area contributed by atoms with Gasteiger partial charge in [-0.15, -0.1) is 0 Å². The Balaban J connectivity index is 1.99. The SMILES string of the molecule is O=C(CN1CC(O)CC1C(=O)O)Nc1ccc(Cl)cc1F. The molecule has 3 N–H and O–H groups in total. The maximum absolute atomic E-state index is 13.5. The van der Waals surface area contributed by atoms with Crippen LogP contribution in [0, 0.1) is 5.82 Å². The number of carboxylic acid groups (broad SMARTS) is 1. The summed E-state index contributed by atoms with van der Waals surface area (Å²) in [5, 5.41) is 21.1. The predicted molar refractivity (Wildman–Crippen MR) is 73.7 cm³/mol. The number of halogens is 2. The topological polar surface area (TPSA) is 89.9 Å². The number of carboxylic acids is 1. The number of nitrogens with one attached hydrogen (secondary N) is 1. The van der Waals surface area contributed by atoms with Gasteiger partial charge in [0.2, 0.25) is 5.91 Å². The Morgan fingerprint density at radius 2 is 2.19 bits per heavy atom. The number of anilines is 1. The first-order chi connectivity index (χ1) is 9.86. The van der Waals surface area contributed by atoms with Crippen molar-refractivity contribution < 1.29 is 24.2 Å². The van der Waals surface area contributed by atoms with Crippen molar-refractivity contribution in [3.05, 3.63) is 29.0 Å². The summed E-state index contributed by atoms with van der Waals surface area (Å²) in [6.45, 7) is -0.149. The number of benzene rings is 1. The van der Waals surface area contributed by atoms with Crippen molar-refractivity contribution in [2.75, 3.05) is 18.4 Å². The minimum atomic E-state index is -1.10. The van der Waals surface area contributed by atoms with Crippen LogP contribution in [0.25, 0.3) is 0 Å². The normalized spacial score (nSPS) is 22.2. The monoisotopic (exact) mass is 316 g/mol. The molecule has 2 rings (SSSR count). The number of β-amino-alcohol motifs (C(OH)–C–C–N with tert-alkyl or cyclic N) is 1. The van der Waals surface area contributed by atoms with Crippen molar-refractivity contribution in [2.45, 2.75) is 18.6 Å². The molecule has 2 atom stereocenters. The van der Waals surface area contributed by atoms with E-state index in [2.05, 4.69) is 5.32 Å². The average molecular weight is 317 g/mol. The number of aliphatic hydroxyl groups is 1. The van der Waals surface area contributed by atoms with E-state index in [0.717, 1.165) is 6.07 Å². The molecule has 0 saturated carbocycles. The van der Waals surface area contributed by atoms with Crippen molar-refractivity contribution in [1.29, 1.82) is 0 Å². The minimum absolute atomic E-state index is 0.0315. The molecule has 8 heteroatoms. The molecule has 6 nitrogen and oxygen atoms in total. The number of carbonyl (C=O) groups is 2. The molecule has 0 aromatic heterocycles. The van der Waals surface area contributed by atoms with E-state index in [1.165, 1.54) is 17.0 Å². The zero-order valence-corrected chi connectivity index (χ0v) is 11.7. The van der Waals surface area contributed by atoms with Crippen molar-refractivity contribution in [2.24, 2.45) is 0 Å². The van der Waals surface area contributed by atoms with Crippen LogP contribution in [0.1, 0.15) is 6.42 Å². The standard InChI is InChI=1S/C13H14ClFN2O4/c14-7-1-2-10(9(15)3-7)16-12(19)6-17-5-8(18)4-11(17)13(20)21/h1-3,8,11,18H,4-6H2,(H,16,19)(H,20,21). The van der Waals surface area contributed by atoms with E-state index in [0.29, 0.717) is 0 Å². The second-order valence-electron chi connectivity index (χ2n) is 4.85. The average Bonchev–Trinajstić information content (AvgIpc) is 2.74. The summed E-state index contributed by atoms with van der Waals surface area (Å²) in [7, 11) is 0. The smallest absolute Gasteiger partial charge is 0.321 e. The van der Waals surface area contributed by atoms with E-state index in [1.54, 1.807) is 0 Å². The van der Waals surface area contributed by atoms with Gasteiger partial charge in [-0.2, -0.15) is 0 Å². The number of aliphatic hydroxyl groups excluding tert-OH is 1. The van der Waals surface area contributed by atoms with Crippen LogP contribution in [-0.4, -0.2) is 52.2 Å². The lowest BCUT2D eigenvalue weighted by atomic mass is 10.2. The van der Waals surface area contributed by atoms with Crippen LogP contribution in [0.3, 0.4) is 0 Å². The van der Waals surface area contributed by atoms with Gasteiger partial charge in [0.05, 0.1) is 18.3 Å². The van der Waals surface area contributed by atoms with Gasteiger partial charge in [-0.25, -0.2) is 4.39 Å². The Hall–Kier alpha value is -1.70. The highest BCUT2D eigenvalue weighted by Crippen LogP contribution is 2.20. The van der Waals surface area contributed by atoms with Crippen molar-refractivity contribution in [3.8, 4) is 0 Å². The Bertz CT molecular complexity index is 569. The van der Waals surface area contributed by atoms with E-state index in [-0.39, 0.29) is 30.2 Å². The molecule has 1 fully saturated rings. The molecule has 1 aromatic carbocycles. The van der Waals surface area contributed by atoms with Crippen molar-refractivity contribution in [1.82, 2.24) is 4.90 Å². The Morgan fingerprint density at radius 3 is 2.81 bits per heavy atom. The second-order valence-corrected chi connectivity index (χ2v) is 5.28. The number of likely N-dealkylation sites (tertiary alicyclic amines) is 1. The fraction of sp³-hybridized carbons (Fsp3) is 0.385. The molecule has 1 aromatic rings. The molecule has 1 heterocycles. The van der Waals surface area contributed by atoms with Crippen LogP contribution in [0.4, 0.5) is 10.1 Å². The maximum atomic E-state index is 13.5. The molecular formula is C13H14ClFN2O4. The largest absolute Gasteiger partial charge is 0.480 e. The summed E-state index contributed by atoms with van der Waals surface area (Å²) in [5.74, 6) is -2.33. The van der Waals surface area contributed by atoms with Gasteiger partial charge in [0.25, 0.3) is 0 Å². The molecule has 1 aliphatic rings. The van der Waals surface area contributed by atoms with Crippen LogP contribution >= 0.6 is 11.6 Å². The van der Waals surface area contributed by atoms with E-state index in [9.17, 15) is 19.1 Å². The molecule has 1 aliphatic heterocycles. The van der Waals surface area contributed by atoms with Crippen LogP contribution in [0.15, 0.2) is 18.2 Å². The van der Waals surface area contributed by atoms with E-state index < -0.39 is 29.8 Å². The Labute approximate surface area is 125 Å². The molecule has 0 bridgehead atoms. The number of amides is 1. The highest BCUT2D eigenvalue weighted by Gasteiger charge is 2.36. The van der Waals surface area contributed by atoms with Gasteiger partial charge in [-0.1, -0.05) is 11.6 Å². The van der Waals surface area contributed by atoms with E-state index in [4.69, 9.17) is 16.7 Å². The van der Waals surface area contributed by atoms with Gasteiger partial charge in [0.1, 0.15) is 11.9 Å². The quantitative estimate of drug-likeness (QED) is 0.769. The first kappa shape index (κ1) is 15.7. The number of rotatable bonds is 4. The predicted octanol–water partition coefficient (Wildman–Crippen LogP) is 0.937. The molecule has 2 unspecified atom stereocenters. The van der Waals surface area contributed by atoms with Gasteiger partial charge >= 0.3 is 5.97 Å². The first-order valence-electron chi connectivity index (χ1n) is 6.26. The number of hydrogen-bond acceptors (Lipinski definition) is 4. The van der Waals surface area contributed by atoms with Crippen molar-refractivity contribution in [3.63, 3.8) is 0 Å². The molecule has 0 spiro atoms. The summed E-state index contributed by atoms with van der Waals surface area (Å²) in [6.07, 6.45) is -0.719. The Morgan fingerprint density at radius 1 is 1.48 bits per heavy atom. The molecule has 21 heavy (non-hydrogen) atoms. The molecule has 0 aliphatic carbocycles. The highest BCUT2D eigenvalue weighted by molar-refractivity contribution is 6.30. The zero-order chi connectivity index (χ0) is 15.6. The Kier molecular flexibility index (Phi) is 4.76. The third kappa shape index (κ3) is 3.90. The lowest BCUT2D eigenvalue weighted by Crippen LogP contribution is -2.41. The maximum Gasteiger partial charge on any atom is 0.321 e. The summed E-state index contributed by atoms with van der Waals surface area (Å²) in [5.41, 5.74) is -0.0315. The molecule has 1 saturated heterocycles. The van der Waals surface area contributed by atoms with E-state index >= 15 is 0 Å². The summed E-state index contributed by atoms with van der Waals surface area (Å²) in [6, 6.07) is 2.90. The molecule has 1 amide bonds. The van der Waals surface area contributed by atoms with Gasteiger partial charge in [0.15, 0.2) is 0 Å². The number of hydrogen-bond donors (Lipinski definition) is 3. The first-order valence-corrected chi connectivity index (χ1v) is 6.64. The van der Waals surface area contributed by atoms with E-state index in [1.807, 2.05) is 0 Å². The van der Waals surface area contributed by atoms with Crippen LogP contribution < -0.4 is 5.32 Å². The molecule has 114 valence electrons. The van der Waals surface area contributed by atoms with Crippen LogP contribution in [0.2, 0.25) is 5.02 Å². The summed E-state index contributed by atoms with van der Waals surface area (Å²) < 4.78 is 13.5. The zero-order valence-electron chi connectivity index (χ0n) is 10.9. The second kappa shape index (κ2) is 6.38. The van der Waals surface area contributed by atoms with Gasteiger partial charge in [0, 0.05) is 18.0 Å². The number of nitrogens with zero attached hydrogens (tertiary/aromatic N) is 1. The molecular weight excluding hydrogens is 303 g/mol. The third-order valence-corrected chi connectivity index (χ3v) is 3.45. The van der Waals surface area contributed by atoms with Gasteiger partial charge in [-0.05, 0) is 18.2 Å². The summed E-state index contributed by atoms with van der Waals surface area (Å²) >= 11 is 5.61. The lowest BCUT2D eigenvalue weighted by Gasteiger charge is -2.20. The molecule has 0 radical (unpaired) electrons. The number of aliphatic carboxylic acids is 1. The van der Waals surface area contributed by atoms with Crippen LogP contribution in [-0.2, 0) is 9.59 Å². The summed E-state index contributed by atoms with van der Waals surface area (Å²) in [4.78, 5) is 24.2. The fourth-order valence-electron chi connectivity index (χ4n) is 2.28.